The van der Waals surface area contributed by atoms with Gasteiger partial charge in [-0.25, -0.2) is 13.1 Å². The molecular formula is C10H8BrCl2NO2S3. The monoisotopic (exact) mass is 419 g/mol. The van der Waals surface area contributed by atoms with Crippen LogP contribution in [-0.4, -0.2) is 15.0 Å². The molecule has 3 nitrogen and oxygen atoms in total. The molecule has 0 saturated heterocycles. The second kappa shape index (κ2) is 6.43. The lowest BCUT2D eigenvalue weighted by atomic mass is 10.3. The highest BCUT2D eigenvalue weighted by Crippen LogP contribution is 2.42. The molecule has 0 unspecified atom stereocenters. The molecule has 19 heavy (non-hydrogen) atoms. The summed E-state index contributed by atoms with van der Waals surface area (Å²) in [6.45, 7) is 0.319. The number of nitrogens with one attached hydrogen (secondary N) is 1. The van der Waals surface area contributed by atoms with Gasteiger partial charge in [-0.15, -0.1) is 22.7 Å². The molecule has 2 heterocycles. The first kappa shape index (κ1) is 15.8. The molecule has 2 rings (SSSR count). The predicted molar refractivity (Wildman–Crippen MR) is 85.3 cm³/mol. The van der Waals surface area contributed by atoms with Gasteiger partial charge < -0.3 is 0 Å². The van der Waals surface area contributed by atoms with Gasteiger partial charge in [0.2, 0.25) is 10.0 Å². The molecule has 0 aliphatic heterocycles. The van der Waals surface area contributed by atoms with E-state index in [4.69, 9.17) is 23.2 Å². The minimum absolute atomic E-state index is 0.00958. The van der Waals surface area contributed by atoms with Crippen molar-refractivity contribution in [3.8, 4) is 0 Å². The van der Waals surface area contributed by atoms with Crippen molar-refractivity contribution >= 4 is 71.8 Å². The third-order valence-electron chi connectivity index (χ3n) is 2.24. The van der Waals surface area contributed by atoms with Gasteiger partial charge in [0.05, 0.1) is 4.47 Å². The SMILES string of the molecule is O=S(=O)(NCCc1cccs1)c1c(Cl)sc(Cl)c1Br. The molecule has 2 aromatic rings. The molecule has 0 aliphatic rings. The van der Waals surface area contributed by atoms with E-state index >= 15 is 0 Å². The molecule has 0 amide bonds. The first-order chi connectivity index (χ1) is 8.92. The number of hydrogen-bond donors (Lipinski definition) is 1. The fraction of sp³-hybridized carbons (Fsp3) is 0.200. The van der Waals surface area contributed by atoms with E-state index in [0.717, 1.165) is 16.2 Å². The molecule has 0 aromatic carbocycles. The molecule has 0 bridgehead atoms. The van der Waals surface area contributed by atoms with Crippen molar-refractivity contribution in [3.05, 3.63) is 35.5 Å². The van der Waals surface area contributed by atoms with Crippen molar-refractivity contribution in [1.82, 2.24) is 4.72 Å². The summed E-state index contributed by atoms with van der Waals surface area (Å²) in [5.41, 5.74) is 0. The van der Waals surface area contributed by atoms with Gasteiger partial charge in [-0.2, -0.15) is 0 Å². The molecule has 0 aliphatic carbocycles. The van der Waals surface area contributed by atoms with Gasteiger partial charge in [0.1, 0.15) is 13.6 Å². The maximum absolute atomic E-state index is 12.1. The van der Waals surface area contributed by atoms with Gasteiger partial charge >= 0.3 is 0 Å². The minimum Gasteiger partial charge on any atom is -0.211 e. The molecule has 0 radical (unpaired) electrons. The second-order valence-electron chi connectivity index (χ2n) is 3.52. The van der Waals surface area contributed by atoms with Gasteiger partial charge in [0.15, 0.2) is 0 Å². The van der Waals surface area contributed by atoms with Crippen molar-refractivity contribution < 1.29 is 8.42 Å². The average Bonchev–Trinajstić information content (AvgIpc) is 2.88. The van der Waals surface area contributed by atoms with Crippen molar-refractivity contribution in [2.45, 2.75) is 11.3 Å². The Balaban J connectivity index is 2.10. The van der Waals surface area contributed by atoms with Crippen LogP contribution in [0.15, 0.2) is 26.9 Å². The number of rotatable bonds is 5. The van der Waals surface area contributed by atoms with Crippen molar-refractivity contribution in [2.24, 2.45) is 0 Å². The Labute approximate surface area is 137 Å². The summed E-state index contributed by atoms with van der Waals surface area (Å²) in [7, 11) is -3.65. The Hall–Kier alpha value is 0.370. The Morgan fingerprint density at radius 3 is 2.58 bits per heavy atom. The average molecular weight is 421 g/mol. The quantitative estimate of drug-likeness (QED) is 0.778. The van der Waals surface area contributed by atoms with Crippen LogP contribution in [-0.2, 0) is 16.4 Å². The molecule has 0 fully saturated rings. The number of sulfonamides is 1. The summed E-state index contributed by atoms with van der Waals surface area (Å²) >= 11 is 17.5. The Morgan fingerprint density at radius 2 is 2.05 bits per heavy atom. The maximum Gasteiger partial charge on any atom is 0.244 e. The standard InChI is InChI=1S/C10H8BrCl2NO2S3/c11-7-8(10(13)18-9(7)12)19(15,16)14-4-3-6-2-1-5-17-6/h1-2,5,14H,3-4H2. The van der Waals surface area contributed by atoms with Crippen LogP contribution in [0.5, 0.6) is 0 Å². The highest BCUT2D eigenvalue weighted by molar-refractivity contribution is 9.10. The minimum atomic E-state index is -3.65. The first-order valence-electron chi connectivity index (χ1n) is 5.07. The fourth-order valence-corrected chi connectivity index (χ4v) is 6.70. The topological polar surface area (TPSA) is 46.2 Å². The zero-order valence-corrected chi connectivity index (χ0v) is 14.9. The molecule has 0 atom stereocenters. The predicted octanol–water partition coefficient (Wildman–Crippen LogP) is 4.40. The molecular weight excluding hydrogens is 413 g/mol. The molecule has 104 valence electrons. The van der Waals surface area contributed by atoms with E-state index in [0.29, 0.717) is 21.8 Å². The molecule has 1 N–H and O–H groups in total. The van der Waals surface area contributed by atoms with Gasteiger partial charge in [-0.3, -0.25) is 0 Å². The largest absolute Gasteiger partial charge is 0.244 e. The van der Waals surface area contributed by atoms with Gasteiger partial charge in [-0.05, 0) is 33.8 Å². The first-order valence-corrected chi connectivity index (χ1v) is 9.80. The molecule has 0 spiro atoms. The van der Waals surface area contributed by atoms with Crippen LogP contribution in [0.4, 0.5) is 0 Å². The van der Waals surface area contributed by atoms with Gasteiger partial charge in [0, 0.05) is 11.4 Å². The lowest BCUT2D eigenvalue weighted by Gasteiger charge is -2.05. The van der Waals surface area contributed by atoms with E-state index in [2.05, 4.69) is 20.7 Å². The summed E-state index contributed by atoms with van der Waals surface area (Å²) in [6.07, 6.45) is 0.643. The van der Waals surface area contributed by atoms with E-state index in [1.807, 2.05) is 17.5 Å². The number of halogens is 3. The lowest BCUT2D eigenvalue weighted by Crippen LogP contribution is -2.26. The summed E-state index contributed by atoms with van der Waals surface area (Å²) in [6, 6.07) is 3.89. The van der Waals surface area contributed by atoms with Crippen LogP contribution in [0, 0.1) is 0 Å². The number of hydrogen-bond acceptors (Lipinski definition) is 4. The third kappa shape index (κ3) is 3.72. The van der Waals surface area contributed by atoms with Crippen LogP contribution in [0.2, 0.25) is 8.67 Å². The van der Waals surface area contributed by atoms with Crippen LogP contribution in [0.3, 0.4) is 0 Å². The normalized spacial score (nSPS) is 11.9. The van der Waals surface area contributed by atoms with E-state index < -0.39 is 10.0 Å². The highest BCUT2D eigenvalue weighted by atomic mass is 79.9. The molecule has 9 heteroatoms. The lowest BCUT2D eigenvalue weighted by molar-refractivity contribution is 0.582. The summed E-state index contributed by atoms with van der Waals surface area (Å²) in [4.78, 5) is 1.13. The second-order valence-corrected chi connectivity index (χ2v) is 9.27. The number of thiophene rings is 2. The summed E-state index contributed by atoms with van der Waals surface area (Å²) < 4.78 is 27.6. The zero-order chi connectivity index (χ0) is 14.0. The Morgan fingerprint density at radius 1 is 1.32 bits per heavy atom. The van der Waals surface area contributed by atoms with Crippen LogP contribution >= 0.6 is 61.8 Å². The third-order valence-corrected chi connectivity index (χ3v) is 8.10. The smallest absolute Gasteiger partial charge is 0.211 e. The Kier molecular flexibility index (Phi) is 5.33. The molecule has 2 aromatic heterocycles. The molecule has 0 saturated carbocycles. The fourth-order valence-electron chi connectivity index (χ4n) is 1.40. The maximum atomic E-state index is 12.1. The summed E-state index contributed by atoms with van der Waals surface area (Å²) in [5, 5.41) is 1.95. The van der Waals surface area contributed by atoms with Crippen molar-refractivity contribution in [3.63, 3.8) is 0 Å². The van der Waals surface area contributed by atoms with Crippen LogP contribution in [0.25, 0.3) is 0 Å². The van der Waals surface area contributed by atoms with Gasteiger partial charge in [-0.1, -0.05) is 29.3 Å². The van der Waals surface area contributed by atoms with E-state index in [9.17, 15) is 8.42 Å². The van der Waals surface area contributed by atoms with Gasteiger partial charge in [0.25, 0.3) is 0 Å². The van der Waals surface area contributed by atoms with E-state index in [-0.39, 0.29) is 9.23 Å². The van der Waals surface area contributed by atoms with Crippen molar-refractivity contribution in [1.29, 1.82) is 0 Å². The van der Waals surface area contributed by atoms with E-state index in [1.165, 1.54) is 0 Å². The zero-order valence-electron chi connectivity index (χ0n) is 9.32. The Bertz CT molecular complexity index is 667. The highest BCUT2D eigenvalue weighted by Gasteiger charge is 2.25. The summed E-state index contributed by atoms with van der Waals surface area (Å²) in [5.74, 6) is 0. The van der Waals surface area contributed by atoms with Crippen LogP contribution < -0.4 is 4.72 Å². The van der Waals surface area contributed by atoms with E-state index in [1.54, 1.807) is 11.3 Å². The van der Waals surface area contributed by atoms with Crippen LogP contribution in [0.1, 0.15) is 4.88 Å². The van der Waals surface area contributed by atoms with Crippen molar-refractivity contribution in [2.75, 3.05) is 6.54 Å².